The summed E-state index contributed by atoms with van der Waals surface area (Å²) in [5.74, 6) is 0.652. The Bertz CT molecular complexity index is 688. The Morgan fingerprint density at radius 1 is 1.36 bits per heavy atom. The van der Waals surface area contributed by atoms with E-state index in [4.69, 9.17) is 16.0 Å². The number of nitrogens with one attached hydrogen (secondary N) is 3. The Hall–Kier alpha value is -1.86. The standard InChI is InChI=1S/C18H23ClN4O2/c1-23(2)15(16-4-3-9-25-16)11-20-18(24)14-10-21-22-17(14)12-5-7-13(19)8-6-12/h3-9,14-15,17,21-22H,10-11H2,1-2H3,(H,20,24). The van der Waals surface area contributed by atoms with Gasteiger partial charge in [0.15, 0.2) is 0 Å². The summed E-state index contributed by atoms with van der Waals surface area (Å²) < 4.78 is 5.49. The van der Waals surface area contributed by atoms with Gasteiger partial charge in [-0.15, -0.1) is 0 Å². The van der Waals surface area contributed by atoms with Crippen molar-refractivity contribution < 1.29 is 9.21 Å². The van der Waals surface area contributed by atoms with Crippen molar-refractivity contribution in [2.75, 3.05) is 27.2 Å². The van der Waals surface area contributed by atoms with Crippen LogP contribution in [0.4, 0.5) is 0 Å². The number of hydrogen-bond donors (Lipinski definition) is 3. The number of carbonyl (C=O) groups excluding carboxylic acids is 1. The van der Waals surface area contributed by atoms with Gasteiger partial charge in [0.1, 0.15) is 5.76 Å². The van der Waals surface area contributed by atoms with Crippen LogP contribution in [0.1, 0.15) is 23.4 Å². The molecule has 3 unspecified atom stereocenters. The molecule has 1 saturated heterocycles. The first-order chi connectivity index (χ1) is 12.1. The van der Waals surface area contributed by atoms with E-state index in [0.29, 0.717) is 18.1 Å². The maximum Gasteiger partial charge on any atom is 0.226 e. The SMILES string of the molecule is CN(C)C(CNC(=O)C1CNNC1c1ccc(Cl)cc1)c1ccco1. The van der Waals surface area contributed by atoms with Crippen LogP contribution in [0.25, 0.3) is 0 Å². The van der Waals surface area contributed by atoms with E-state index >= 15 is 0 Å². The number of amides is 1. The molecule has 3 rings (SSSR count). The van der Waals surface area contributed by atoms with Gasteiger partial charge in [-0.3, -0.25) is 15.1 Å². The van der Waals surface area contributed by atoms with Crippen molar-refractivity contribution in [3.8, 4) is 0 Å². The molecular weight excluding hydrogens is 340 g/mol. The lowest BCUT2D eigenvalue weighted by Crippen LogP contribution is -2.39. The minimum Gasteiger partial charge on any atom is -0.468 e. The van der Waals surface area contributed by atoms with Crippen LogP contribution in [0.2, 0.25) is 5.02 Å². The summed E-state index contributed by atoms with van der Waals surface area (Å²) in [6, 6.07) is 11.3. The van der Waals surface area contributed by atoms with Crippen LogP contribution in [-0.4, -0.2) is 38.0 Å². The number of likely N-dealkylation sites (N-methyl/N-ethyl adjacent to an activating group) is 1. The zero-order chi connectivity index (χ0) is 17.8. The molecule has 1 amide bonds. The van der Waals surface area contributed by atoms with Crippen LogP contribution in [0.3, 0.4) is 0 Å². The molecule has 0 aliphatic carbocycles. The average Bonchev–Trinajstić information content (AvgIpc) is 3.27. The van der Waals surface area contributed by atoms with E-state index < -0.39 is 0 Å². The lowest BCUT2D eigenvalue weighted by atomic mass is 9.94. The van der Waals surface area contributed by atoms with E-state index in [2.05, 4.69) is 16.2 Å². The second-order valence-electron chi connectivity index (χ2n) is 6.40. The molecule has 1 aromatic carbocycles. The lowest BCUT2D eigenvalue weighted by Gasteiger charge is -2.24. The number of carbonyl (C=O) groups is 1. The van der Waals surface area contributed by atoms with Gasteiger partial charge < -0.3 is 9.73 Å². The highest BCUT2D eigenvalue weighted by atomic mass is 35.5. The highest BCUT2D eigenvalue weighted by Gasteiger charge is 2.34. The number of hydrogen-bond acceptors (Lipinski definition) is 5. The number of nitrogens with zero attached hydrogens (tertiary/aromatic N) is 1. The Morgan fingerprint density at radius 3 is 2.76 bits per heavy atom. The van der Waals surface area contributed by atoms with Gasteiger partial charge in [0.05, 0.1) is 24.3 Å². The molecule has 2 heterocycles. The van der Waals surface area contributed by atoms with E-state index in [1.54, 1.807) is 6.26 Å². The number of rotatable bonds is 6. The molecule has 0 radical (unpaired) electrons. The minimum absolute atomic E-state index is 0.00440. The smallest absolute Gasteiger partial charge is 0.226 e. The highest BCUT2D eigenvalue weighted by molar-refractivity contribution is 6.30. The normalized spacial score (nSPS) is 21.4. The number of furan rings is 1. The van der Waals surface area contributed by atoms with E-state index in [0.717, 1.165) is 11.3 Å². The predicted octanol–water partition coefficient (Wildman–Crippen LogP) is 2.12. The first-order valence-electron chi connectivity index (χ1n) is 8.27. The van der Waals surface area contributed by atoms with Crippen molar-refractivity contribution in [3.05, 3.63) is 59.0 Å². The number of hydrazine groups is 1. The fraction of sp³-hybridized carbons (Fsp3) is 0.389. The summed E-state index contributed by atoms with van der Waals surface area (Å²) in [7, 11) is 3.93. The van der Waals surface area contributed by atoms with E-state index in [1.165, 1.54) is 0 Å². The van der Waals surface area contributed by atoms with Gasteiger partial charge in [-0.1, -0.05) is 23.7 Å². The quantitative estimate of drug-likeness (QED) is 0.734. The molecule has 2 aromatic rings. The molecule has 0 saturated carbocycles. The van der Waals surface area contributed by atoms with Crippen LogP contribution < -0.4 is 16.2 Å². The van der Waals surface area contributed by atoms with E-state index in [9.17, 15) is 4.79 Å². The Morgan fingerprint density at radius 2 is 2.12 bits per heavy atom. The first-order valence-corrected chi connectivity index (χ1v) is 8.65. The fourth-order valence-electron chi connectivity index (χ4n) is 3.07. The number of halogens is 1. The van der Waals surface area contributed by atoms with Crippen LogP contribution in [0.15, 0.2) is 47.1 Å². The molecule has 1 aliphatic rings. The molecule has 3 atom stereocenters. The average molecular weight is 363 g/mol. The van der Waals surface area contributed by atoms with Gasteiger partial charge in [0, 0.05) is 18.1 Å². The number of benzene rings is 1. The van der Waals surface area contributed by atoms with Crippen molar-refractivity contribution >= 4 is 17.5 Å². The van der Waals surface area contributed by atoms with Crippen molar-refractivity contribution in [1.29, 1.82) is 0 Å². The van der Waals surface area contributed by atoms with Gasteiger partial charge in [-0.05, 0) is 43.9 Å². The Labute approximate surface area is 152 Å². The molecule has 1 fully saturated rings. The molecule has 1 aliphatic heterocycles. The van der Waals surface area contributed by atoms with Gasteiger partial charge >= 0.3 is 0 Å². The molecule has 6 nitrogen and oxygen atoms in total. The zero-order valence-electron chi connectivity index (χ0n) is 14.3. The first kappa shape index (κ1) is 17.9. The van der Waals surface area contributed by atoms with Crippen LogP contribution in [0.5, 0.6) is 0 Å². The second-order valence-corrected chi connectivity index (χ2v) is 6.84. The maximum absolute atomic E-state index is 12.7. The largest absolute Gasteiger partial charge is 0.468 e. The van der Waals surface area contributed by atoms with Gasteiger partial charge in [0.2, 0.25) is 5.91 Å². The third kappa shape index (κ3) is 4.22. The Balaban J connectivity index is 1.64. The molecule has 7 heteroatoms. The molecule has 134 valence electrons. The van der Waals surface area contributed by atoms with Crippen molar-refractivity contribution in [3.63, 3.8) is 0 Å². The molecule has 1 aromatic heterocycles. The van der Waals surface area contributed by atoms with Gasteiger partial charge in [-0.25, -0.2) is 5.43 Å². The predicted molar refractivity (Wildman–Crippen MR) is 97.0 cm³/mol. The third-order valence-electron chi connectivity index (χ3n) is 4.51. The van der Waals surface area contributed by atoms with Crippen molar-refractivity contribution in [2.45, 2.75) is 12.1 Å². The highest BCUT2D eigenvalue weighted by Crippen LogP contribution is 2.26. The van der Waals surface area contributed by atoms with E-state index in [-0.39, 0.29) is 23.9 Å². The molecule has 0 spiro atoms. The van der Waals surface area contributed by atoms with Gasteiger partial charge in [0.25, 0.3) is 0 Å². The lowest BCUT2D eigenvalue weighted by molar-refractivity contribution is -0.125. The summed E-state index contributed by atoms with van der Waals surface area (Å²) in [5, 5.41) is 3.74. The molecule has 0 bridgehead atoms. The summed E-state index contributed by atoms with van der Waals surface area (Å²) in [6.07, 6.45) is 1.65. The zero-order valence-corrected chi connectivity index (χ0v) is 15.1. The van der Waals surface area contributed by atoms with Crippen LogP contribution in [-0.2, 0) is 4.79 Å². The molecule has 25 heavy (non-hydrogen) atoms. The van der Waals surface area contributed by atoms with E-state index in [1.807, 2.05) is 55.4 Å². The monoisotopic (exact) mass is 362 g/mol. The third-order valence-corrected chi connectivity index (χ3v) is 4.76. The maximum atomic E-state index is 12.7. The summed E-state index contributed by atoms with van der Waals surface area (Å²) in [5.41, 5.74) is 7.29. The summed E-state index contributed by atoms with van der Waals surface area (Å²) in [4.78, 5) is 14.8. The minimum atomic E-state index is -0.194. The van der Waals surface area contributed by atoms with Crippen molar-refractivity contribution in [2.24, 2.45) is 5.92 Å². The van der Waals surface area contributed by atoms with Crippen LogP contribution in [0, 0.1) is 5.92 Å². The molecular formula is C18H23ClN4O2. The molecule has 3 N–H and O–H groups in total. The second kappa shape index (κ2) is 8.01. The topological polar surface area (TPSA) is 69.5 Å². The summed E-state index contributed by atoms with van der Waals surface area (Å²) in [6.45, 7) is 1.07. The van der Waals surface area contributed by atoms with Crippen LogP contribution >= 0.6 is 11.6 Å². The Kier molecular flexibility index (Phi) is 5.75. The summed E-state index contributed by atoms with van der Waals surface area (Å²) >= 11 is 5.95. The fourth-order valence-corrected chi connectivity index (χ4v) is 3.20. The van der Waals surface area contributed by atoms with Gasteiger partial charge in [-0.2, -0.15) is 0 Å². The van der Waals surface area contributed by atoms with Crippen molar-refractivity contribution in [1.82, 2.24) is 21.1 Å².